The standard InChI is InChI=1S/C12H25N/c1-11(2)7-6-10-13(3)12-8-4-5-9-12/h11-12H,4-10H2,1-3H3. The molecule has 0 amide bonds. The quantitative estimate of drug-likeness (QED) is 0.632. The predicted octanol–water partition coefficient (Wildman–Crippen LogP) is 3.30. The third kappa shape index (κ3) is 4.12. The summed E-state index contributed by atoms with van der Waals surface area (Å²) >= 11 is 0. The van der Waals surface area contributed by atoms with E-state index in [0.717, 1.165) is 12.0 Å². The molecule has 0 spiro atoms. The third-order valence-corrected chi connectivity index (χ3v) is 3.24. The van der Waals surface area contributed by atoms with Crippen molar-refractivity contribution < 1.29 is 0 Å². The topological polar surface area (TPSA) is 3.24 Å². The lowest BCUT2D eigenvalue weighted by molar-refractivity contribution is 0.237. The fourth-order valence-electron chi connectivity index (χ4n) is 2.28. The second-order valence-electron chi connectivity index (χ2n) is 4.95. The average molecular weight is 183 g/mol. The Morgan fingerprint density at radius 1 is 1.23 bits per heavy atom. The molecule has 0 radical (unpaired) electrons. The van der Waals surface area contributed by atoms with Gasteiger partial charge in [0.25, 0.3) is 0 Å². The van der Waals surface area contributed by atoms with Crippen LogP contribution in [0.15, 0.2) is 0 Å². The summed E-state index contributed by atoms with van der Waals surface area (Å²) in [6.07, 6.45) is 8.57. The van der Waals surface area contributed by atoms with Crippen molar-refractivity contribution in [3.63, 3.8) is 0 Å². The summed E-state index contributed by atoms with van der Waals surface area (Å²) in [5.41, 5.74) is 0. The molecule has 0 aromatic heterocycles. The molecule has 1 aliphatic carbocycles. The van der Waals surface area contributed by atoms with Crippen LogP contribution < -0.4 is 0 Å². The zero-order chi connectivity index (χ0) is 9.68. The summed E-state index contributed by atoms with van der Waals surface area (Å²) in [7, 11) is 2.30. The van der Waals surface area contributed by atoms with Crippen molar-refractivity contribution in [2.75, 3.05) is 13.6 Å². The van der Waals surface area contributed by atoms with Crippen LogP contribution in [0.4, 0.5) is 0 Å². The molecule has 0 bridgehead atoms. The highest BCUT2D eigenvalue weighted by molar-refractivity contribution is 4.74. The molecule has 0 aliphatic heterocycles. The molecule has 1 heteroatoms. The lowest BCUT2D eigenvalue weighted by Crippen LogP contribution is -2.30. The Morgan fingerprint density at radius 2 is 1.85 bits per heavy atom. The van der Waals surface area contributed by atoms with Crippen LogP contribution in [0.3, 0.4) is 0 Å². The van der Waals surface area contributed by atoms with E-state index in [0.29, 0.717) is 0 Å². The first-order valence-corrected chi connectivity index (χ1v) is 5.90. The van der Waals surface area contributed by atoms with Gasteiger partial charge in [0, 0.05) is 6.04 Å². The number of rotatable bonds is 5. The van der Waals surface area contributed by atoms with Crippen molar-refractivity contribution in [1.29, 1.82) is 0 Å². The van der Waals surface area contributed by atoms with E-state index in [-0.39, 0.29) is 0 Å². The summed E-state index contributed by atoms with van der Waals surface area (Å²) in [6.45, 7) is 5.94. The summed E-state index contributed by atoms with van der Waals surface area (Å²) in [5.74, 6) is 0.872. The van der Waals surface area contributed by atoms with E-state index in [1.165, 1.54) is 45.1 Å². The van der Waals surface area contributed by atoms with Gasteiger partial charge in [0.05, 0.1) is 0 Å². The minimum atomic E-state index is 0.872. The van der Waals surface area contributed by atoms with Gasteiger partial charge in [0.1, 0.15) is 0 Å². The van der Waals surface area contributed by atoms with Gasteiger partial charge in [-0.05, 0) is 45.2 Å². The first-order chi connectivity index (χ1) is 6.20. The normalized spacial score (nSPS) is 19.2. The maximum absolute atomic E-state index is 2.58. The Balaban J connectivity index is 2.06. The first kappa shape index (κ1) is 11.0. The van der Waals surface area contributed by atoms with E-state index in [4.69, 9.17) is 0 Å². The van der Waals surface area contributed by atoms with Crippen molar-refractivity contribution in [1.82, 2.24) is 4.90 Å². The van der Waals surface area contributed by atoms with Crippen LogP contribution in [0.1, 0.15) is 52.4 Å². The van der Waals surface area contributed by atoms with E-state index in [9.17, 15) is 0 Å². The molecule has 0 heterocycles. The van der Waals surface area contributed by atoms with Gasteiger partial charge < -0.3 is 4.90 Å². The van der Waals surface area contributed by atoms with E-state index in [1.54, 1.807) is 0 Å². The molecule has 78 valence electrons. The average Bonchev–Trinajstić information content (AvgIpc) is 2.55. The number of hydrogen-bond acceptors (Lipinski definition) is 1. The van der Waals surface area contributed by atoms with Gasteiger partial charge in [-0.3, -0.25) is 0 Å². The van der Waals surface area contributed by atoms with Gasteiger partial charge >= 0.3 is 0 Å². The highest BCUT2D eigenvalue weighted by atomic mass is 15.1. The molecule has 0 aromatic rings. The lowest BCUT2D eigenvalue weighted by Gasteiger charge is -2.24. The Hall–Kier alpha value is -0.0400. The Bertz CT molecular complexity index is 125. The van der Waals surface area contributed by atoms with Gasteiger partial charge in [-0.25, -0.2) is 0 Å². The fraction of sp³-hybridized carbons (Fsp3) is 1.00. The largest absolute Gasteiger partial charge is 0.303 e. The second kappa shape index (κ2) is 5.64. The van der Waals surface area contributed by atoms with Crippen molar-refractivity contribution in [2.45, 2.75) is 58.4 Å². The highest BCUT2D eigenvalue weighted by Crippen LogP contribution is 2.22. The van der Waals surface area contributed by atoms with Gasteiger partial charge in [0.2, 0.25) is 0 Å². The molecule has 1 aliphatic rings. The highest BCUT2D eigenvalue weighted by Gasteiger charge is 2.18. The molecule has 1 fully saturated rings. The molecule has 0 saturated heterocycles. The number of nitrogens with zero attached hydrogens (tertiary/aromatic N) is 1. The minimum Gasteiger partial charge on any atom is -0.303 e. The van der Waals surface area contributed by atoms with E-state index in [2.05, 4.69) is 25.8 Å². The Labute approximate surface area is 83.5 Å². The third-order valence-electron chi connectivity index (χ3n) is 3.24. The maximum Gasteiger partial charge on any atom is 0.00922 e. The molecule has 0 aromatic carbocycles. The molecular weight excluding hydrogens is 158 g/mol. The fourth-order valence-corrected chi connectivity index (χ4v) is 2.28. The van der Waals surface area contributed by atoms with Crippen molar-refractivity contribution in [3.8, 4) is 0 Å². The van der Waals surface area contributed by atoms with Crippen LogP contribution in [-0.4, -0.2) is 24.5 Å². The molecular formula is C12H25N. The van der Waals surface area contributed by atoms with E-state index >= 15 is 0 Å². The van der Waals surface area contributed by atoms with Gasteiger partial charge in [-0.2, -0.15) is 0 Å². The molecule has 1 rings (SSSR count). The van der Waals surface area contributed by atoms with Gasteiger partial charge in [-0.15, -0.1) is 0 Å². The van der Waals surface area contributed by atoms with Gasteiger partial charge in [0.15, 0.2) is 0 Å². The van der Waals surface area contributed by atoms with Crippen LogP contribution in [0, 0.1) is 5.92 Å². The lowest BCUT2D eigenvalue weighted by atomic mass is 10.1. The molecule has 1 saturated carbocycles. The maximum atomic E-state index is 2.58. The molecule has 13 heavy (non-hydrogen) atoms. The second-order valence-corrected chi connectivity index (χ2v) is 4.95. The van der Waals surface area contributed by atoms with Crippen LogP contribution in [0.5, 0.6) is 0 Å². The molecule has 0 unspecified atom stereocenters. The molecule has 0 atom stereocenters. The van der Waals surface area contributed by atoms with Crippen LogP contribution >= 0.6 is 0 Å². The van der Waals surface area contributed by atoms with Crippen molar-refractivity contribution in [2.24, 2.45) is 5.92 Å². The summed E-state index contributed by atoms with van der Waals surface area (Å²) in [5, 5.41) is 0. The van der Waals surface area contributed by atoms with Crippen LogP contribution in [-0.2, 0) is 0 Å². The Kier molecular flexibility index (Phi) is 4.79. The zero-order valence-electron chi connectivity index (χ0n) is 9.55. The predicted molar refractivity (Wildman–Crippen MR) is 59.0 cm³/mol. The van der Waals surface area contributed by atoms with Gasteiger partial charge in [-0.1, -0.05) is 26.7 Å². The zero-order valence-corrected chi connectivity index (χ0v) is 9.55. The summed E-state index contributed by atoms with van der Waals surface area (Å²) in [4.78, 5) is 2.58. The number of hydrogen-bond donors (Lipinski definition) is 0. The smallest absolute Gasteiger partial charge is 0.00922 e. The van der Waals surface area contributed by atoms with E-state index in [1.807, 2.05) is 0 Å². The molecule has 0 N–H and O–H groups in total. The Morgan fingerprint density at radius 3 is 2.38 bits per heavy atom. The van der Waals surface area contributed by atoms with E-state index < -0.39 is 0 Å². The van der Waals surface area contributed by atoms with Crippen LogP contribution in [0.25, 0.3) is 0 Å². The van der Waals surface area contributed by atoms with Crippen molar-refractivity contribution >= 4 is 0 Å². The van der Waals surface area contributed by atoms with Crippen molar-refractivity contribution in [3.05, 3.63) is 0 Å². The monoisotopic (exact) mass is 183 g/mol. The van der Waals surface area contributed by atoms with Crippen LogP contribution in [0.2, 0.25) is 0 Å². The minimum absolute atomic E-state index is 0.872. The summed E-state index contributed by atoms with van der Waals surface area (Å²) < 4.78 is 0. The summed E-state index contributed by atoms with van der Waals surface area (Å²) in [6, 6.07) is 0.909. The SMILES string of the molecule is CC(C)CCCN(C)C1CCCC1. The molecule has 1 nitrogen and oxygen atoms in total. The first-order valence-electron chi connectivity index (χ1n) is 5.90.